The maximum atomic E-state index is 12.2. The van der Waals surface area contributed by atoms with Gasteiger partial charge < -0.3 is 10.6 Å². The van der Waals surface area contributed by atoms with Crippen LogP contribution in [0.1, 0.15) is 38.5 Å². The van der Waals surface area contributed by atoms with Gasteiger partial charge >= 0.3 is 0 Å². The van der Waals surface area contributed by atoms with Crippen LogP contribution in [0.3, 0.4) is 0 Å². The van der Waals surface area contributed by atoms with Crippen LogP contribution in [0.15, 0.2) is 47.3 Å². The van der Waals surface area contributed by atoms with Crippen LogP contribution in [-0.4, -0.2) is 34.8 Å². The molecule has 1 saturated carbocycles. The molecule has 0 atom stereocenters. The number of nitrogens with one attached hydrogen (secondary N) is 2. The van der Waals surface area contributed by atoms with Crippen LogP contribution in [0.2, 0.25) is 0 Å². The summed E-state index contributed by atoms with van der Waals surface area (Å²) in [6.45, 7) is 1.24. The Morgan fingerprint density at radius 3 is 2.43 bits per heavy atom. The molecule has 1 amide bonds. The fraction of sp³-hybridized carbons (Fsp3) is 0.476. The van der Waals surface area contributed by atoms with Crippen LogP contribution in [0.25, 0.3) is 11.3 Å². The number of hydrogen-bond donors (Lipinski definition) is 2. The third-order valence-electron chi connectivity index (χ3n) is 4.96. The molecule has 6 nitrogen and oxygen atoms in total. The molecule has 1 aliphatic rings. The summed E-state index contributed by atoms with van der Waals surface area (Å²) in [4.78, 5) is 24.2. The van der Waals surface area contributed by atoms with E-state index in [1.54, 1.807) is 6.07 Å². The minimum Gasteiger partial charge on any atom is -0.353 e. The summed E-state index contributed by atoms with van der Waals surface area (Å²) in [6.07, 6.45) is 7.68. The molecule has 1 heterocycles. The van der Waals surface area contributed by atoms with E-state index in [1.807, 2.05) is 30.3 Å². The van der Waals surface area contributed by atoms with Gasteiger partial charge in [0.25, 0.3) is 5.56 Å². The predicted octanol–water partition coefficient (Wildman–Crippen LogP) is 2.76. The summed E-state index contributed by atoms with van der Waals surface area (Å²) in [7, 11) is 0. The second kappa shape index (κ2) is 11.6. The lowest BCUT2D eigenvalue weighted by molar-refractivity contribution is -0.121. The van der Waals surface area contributed by atoms with Gasteiger partial charge in [-0.2, -0.15) is 5.10 Å². The average Bonchev–Trinajstić information content (AvgIpc) is 2.96. The van der Waals surface area contributed by atoms with Crippen molar-refractivity contribution < 1.29 is 4.79 Å². The van der Waals surface area contributed by atoms with Crippen LogP contribution in [0.5, 0.6) is 0 Å². The van der Waals surface area contributed by atoms with Crippen molar-refractivity contribution in [2.45, 2.75) is 51.1 Å². The molecule has 0 saturated heterocycles. The molecule has 1 aromatic heterocycles. The van der Waals surface area contributed by atoms with Crippen LogP contribution < -0.4 is 16.2 Å². The fourth-order valence-electron chi connectivity index (χ4n) is 3.48. The lowest BCUT2D eigenvalue weighted by atomic mass is 10.1. The lowest BCUT2D eigenvalue weighted by Crippen LogP contribution is -2.39. The number of nitrogens with zero attached hydrogens (tertiary/aromatic N) is 2. The van der Waals surface area contributed by atoms with Crippen molar-refractivity contribution in [2.75, 3.05) is 13.1 Å². The first-order valence-corrected chi connectivity index (χ1v) is 9.86. The van der Waals surface area contributed by atoms with E-state index in [1.165, 1.54) is 49.3 Å². The molecule has 0 unspecified atom stereocenters. The normalized spacial score (nSPS) is 14.7. The van der Waals surface area contributed by atoms with Crippen molar-refractivity contribution in [3.63, 3.8) is 0 Å². The third kappa shape index (κ3) is 6.77. The molecular formula is C21H29ClN4O2. The van der Waals surface area contributed by atoms with E-state index < -0.39 is 0 Å². The monoisotopic (exact) mass is 404 g/mol. The van der Waals surface area contributed by atoms with Crippen molar-refractivity contribution in [1.29, 1.82) is 0 Å². The topological polar surface area (TPSA) is 76.0 Å². The smallest absolute Gasteiger partial charge is 0.267 e. The molecule has 1 aliphatic carbocycles. The average molecular weight is 405 g/mol. The van der Waals surface area contributed by atoms with E-state index in [0.717, 1.165) is 12.1 Å². The Hall–Kier alpha value is -2.18. The van der Waals surface area contributed by atoms with Gasteiger partial charge in [0.1, 0.15) is 6.54 Å². The summed E-state index contributed by atoms with van der Waals surface area (Å²) in [6, 6.07) is 13.3. The molecule has 7 heteroatoms. The molecule has 0 spiro atoms. The highest BCUT2D eigenvalue weighted by molar-refractivity contribution is 5.85. The number of carbonyl (C=O) groups is 1. The first-order chi connectivity index (χ1) is 13.2. The van der Waals surface area contributed by atoms with Crippen molar-refractivity contribution in [2.24, 2.45) is 0 Å². The summed E-state index contributed by atoms with van der Waals surface area (Å²) in [5, 5.41) is 10.7. The van der Waals surface area contributed by atoms with Crippen molar-refractivity contribution in [3.05, 3.63) is 52.8 Å². The zero-order valence-electron chi connectivity index (χ0n) is 16.1. The van der Waals surface area contributed by atoms with E-state index >= 15 is 0 Å². The fourth-order valence-corrected chi connectivity index (χ4v) is 3.48. The van der Waals surface area contributed by atoms with Crippen molar-refractivity contribution in [1.82, 2.24) is 20.4 Å². The Bertz CT molecular complexity index is 786. The van der Waals surface area contributed by atoms with Crippen LogP contribution in [0.4, 0.5) is 0 Å². The van der Waals surface area contributed by atoms with E-state index in [9.17, 15) is 9.59 Å². The molecule has 152 valence electrons. The van der Waals surface area contributed by atoms with Gasteiger partial charge in [0, 0.05) is 30.8 Å². The van der Waals surface area contributed by atoms with Gasteiger partial charge in [-0.05, 0) is 18.9 Å². The predicted molar refractivity (Wildman–Crippen MR) is 114 cm³/mol. The number of hydrogen-bond acceptors (Lipinski definition) is 4. The summed E-state index contributed by atoms with van der Waals surface area (Å²) in [5.41, 5.74) is 1.32. The van der Waals surface area contributed by atoms with Crippen LogP contribution >= 0.6 is 12.4 Å². The number of aromatic nitrogens is 2. The Kier molecular flexibility index (Phi) is 9.17. The van der Waals surface area contributed by atoms with Gasteiger partial charge in [-0.3, -0.25) is 9.59 Å². The quantitative estimate of drug-likeness (QED) is 0.549. The standard InChI is InChI=1S/C21H28N4O2.ClH/c26-20(23-15-14-22-18-10-6-1-2-7-11-18)16-25-21(27)13-12-19(24-25)17-8-4-3-5-9-17;/h3-5,8-9,12-13,18,22H,1-2,6-7,10-11,14-16H2,(H,23,26);1H. The molecule has 0 bridgehead atoms. The summed E-state index contributed by atoms with van der Waals surface area (Å²) in [5.74, 6) is -0.197. The van der Waals surface area contributed by atoms with Crippen molar-refractivity contribution in [3.8, 4) is 11.3 Å². The maximum absolute atomic E-state index is 12.2. The Morgan fingerprint density at radius 1 is 1.00 bits per heavy atom. The lowest BCUT2D eigenvalue weighted by Gasteiger charge is -2.16. The van der Waals surface area contributed by atoms with Crippen molar-refractivity contribution >= 4 is 18.3 Å². The number of rotatable bonds is 7. The second-order valence-electron chi connectivity index (χ2n) is 7.07. The SMILES string of the molecule is Cl.O=C(Cn1nc(-c2ccccc2)ccc1=O)NCCNC1CCCCCC1. The molecule has 28 heavy (non-hydrogen) atoms. The van der Waals surface area contributed by atoms with Gasteiger partial charge in [0.05, 0.1) is 5.69 Å². The number of carbonyl (C=O) groups excluding carboxylic acids is 1. The highest BCUT2D eigenvalue weighted by Crippen LogP contribution is 2.17. The Balaban J connectivity index is 0.00000280. The molecule has 1 aromatic carbocycles. The zero-order chi connectivity index (χ0) is 18.9. The van der Waals surface area contributed by atoms with Crippen LogP contribution in [-0.2, 0) is 11.3 Å². The molecule has 0 radical (unpaired) electrons. The second-order valence-corrected chi connectivity index (χ2v) is 7.07. The number of amides is 1. The maximum Gasteiger partial charge on any atom is 0.267 e. The van der Waals surface area contributed by atoms with Gasteiger partial charge in [-0.15, -0.1) is 12.4 Å². The zero-order valence-corrected chi connectivity index (χ0v) is 16.9. The first-order valence-electron chi connectivity index (χ1n) is 9.86. The van der Waals surface area contributed by atoms with E-state index in [4.69, 9.17) is 0 Å². The molecule has 2 N–H and O–H groups in total. The summed E-state index contributed by atoms with van der Waals surface area (Å²) >= 11 is 0. The third-order valence-corrected chi connectivity index (χ3v) is 4.96. The highest BCUT2D eigenvalue weighted by atomic mass is 35.5. The molecule has 0 aliphatic heterocycles. The molecule has 2 aromatic rings. The van der Waals surface area contributed by atoms with Gasteiger partial charge in [0.15, 0.2) is 0 Å². The van der Waals surface area contributed by atoms with Gasteiger partial charge in [-0.25, -0.2) is 4.68 Å². The van der Waals surface area contributed by atoms with E-state index in [-0.39, 0.29) is 30.4 Å². The van der Waals surface area contributed by atoms with Gasteiger partial charge in [-0.1, -0.05) is 56.0 Å². The van der Waals surface area contributed by atoms with Crippen LogP contribution in [0, 0.1) is 0 Å². The van der Waals surface area contributed by atoms with E-state index in [0.29, 0.717) is 18.3 Å². The number of benzene rings is 1. The summed E-state index contributed by atoms with van der Waals surface area (Å²) < 4.78 is 1.22. The minimum absolute atomic E-state index is 0. The molecule has 3 rings (SSSR count). The first kappa shape index (κ1) is 22.1. The number of halogens is 1. The largest absolute Gasteiger partial charge is 0.353 e. The minimum atomic E-state index is -0.276. The Labute approximate surface area is 172 Å². The Morgan fingerprint density at radius 2 is 1.71 bits per heavy atom. The molecule has 1 fully saturated rings. The highest BCUT2D eigenvalue weighted by Gasteiger charge is 2.11. The van der Waals surface area contributed by atoms with E-state index in [2.05, 4.69) is 15.7 Å². The molecular weight excluding hydrogens is 376 g/mol. The van der Waals surface area contributed by atoms with Gasteiger partial charge in [0.2, 0.25) is 5.91 Å².